The van der Waals surface area contributed by atoms with Crippen LogP contribution in [0.15, 0.2) is 42.7 Å². The van der Waals surface area contributed by atoms with Gasteiger partial charge in [-0.05, 0) is 18.9 Å². The minimum absolute atomic E-state index is 0.0443. The van der Waals surface area contributed by atoms with Crippen LogP contribution in [0.1, 0.15) is 11.3 Å². The van der Waals surface area contributed by atoms with Crippen LogP contribution < -0.4 is 10.6 Å². The smallest absolute Gasteiger partial charge is 0.239 e. The molecular weight excluding hydrogens is 252 g/mol. The predicted octanol–water partition coefficient (Wildman–Crippen LogP) is 1.56. The van der Waals surface area contributed by atoms with Gasteiger partial charge < -0.3 is 10.6 Å². The molecule has 0 unspecified atom stereocenters. The van der Waals surface area contributed by atoms with Gasteiger partial charge in [0.1, 0.15) is 12.1 Å². The molecular formula is C15H18N4O. The molecule has 2 aromatic rings. The van der Waals surface area contributed by atoms with Crippen molar-refractivity contribution in [3.05, 3.63) is 54.0 Å². The highest BCUT2D eigenvalue weighted by Gasteiger charge is 2.01. The molecule has 1 amide bonds. The summed E-state index contributed by atoms with van der Waals surface area (Å²) >= 11 is 0. The zero-order valence-electron chi connectivity index (χ0n) is 11.5. The summed E-state index contributed by atoms with van der Waals surface area (Å²) in [5, 5.41) is 5.84. The third kappa shape index (κ3) is 4.68. The van der Waals surface area contributed by atoms with Crippen LogP contribution in [-0.4, -0.2) is 29.0 Å². The number of carbonyl (C=O) groups excluding carboxylic acids is 1. The minimum atomic E-state index is -0.0443. The van der Waals surface area contributed by atoms with Crippen molar-refractivity contribution >= 4 is 11.7 Å². The third-order valence-electron chi connectivity index (χ3n) is 2.81. The van der Waals surface area contributed by atoms with Gasteiger partial charge in [-0.15, -0.1) is 0 Å². The van der Waals surface area contributed by atoms with Gasteiger partial charge in [0, 0.05) is 18.3 Å². The van der Waals surface area contributed by atoms with E-state index in [-0.39, 0.29) is 12.5 Å². The second-order valence-corrected chi connectivity index (χ2v) is 4.48. The van der Waals surface area contributed by atoms with E-state index in [2.05, 4.69) is 20.6 Å². The number of benzene rings is 1. The highest BCUT2D eigenvalue weighted by molar-refractivity contribution is 5.80. The highest BCUT2D eigenvalue weighted by Crippen LogP contribution is 2.01. The Bertz CT molecular complexity index is 557. The van der Waals surface area contributed by atoms with Crippen molar-refractivity contribution < 1.29 is 4.79 Å². The molecule has 5 heteroatoms. The van der Waals surface area contributed by atoms with E-state index >= 15 is 0 Å². The van der Waals surface area contributed by atoms with E-state index in [4.69, 9.17) is 0 Å². The van der Waals surface area contributed by atoms with Gasteiger partial charge in [0.2, 0.25) is 5.91 Å². The number of hydrogen-bond acceptors (Lipinski definition) is 4. The number of aromatic nitrogens is 2. The Morgan fingerprint density at radius 3 is 2.75 bits per heavy atom. The molecule has 0 fully saturated rings. The van der Waals surface area contributed by atoms with Crippen LogP contribution in [-0.2, 0) is 11.2 Å². The zero-order chi connectivity index (χ0) is 14.2. The maximum absolute atomic E-state index is 11.7. The number of aryl methyl sites for hydroxylation is 1. The molecule has 2 N–H and O–H groups in total. The topological polar surface area (TPSA) is 66.9 Å². The number of carbonyl (C=O) groups is 1. The Morgan fingerprint density at radius 2 is 2.00 bits per heavy atom. The van der Waals surface area contributed by atoms with E-state index in [9.17, 15) is 4.79 Å². The largest absolute Gasteiger partial charge is 0.361 e. The summed E-state index contributed by atoms with van der Waals surface area (Å²) in [6.07, 6.45) is 2.31. The van der Waals surface area contributed by atoms with Crippen LogP contribution in [0.2, 0.25) is 0 Å². The Hall–Kier alpha value is -2.43. The van der Waals surface area contributed by atoms with Crippen LogP contribution in [0.3, 0.4) is 0 Å². The number of hydrogen-bond donors (Lipinski definition) is 2. The van der Waals surface area contributed by atoms with E-state index < -0.39 is 0 Å². The van der Waals surface area contributed by atoms with E-state index in [1.54, 1.807) is 6.07 Å². The molecule has 0 spiro atoms. The molecule has 0 saturated carbocycles. The molecule has 1 aromatic carbocycles. The fourth-order valence-corrected chi connectivity index (χ4v) is 1.78. The number of anilines is 1. The second-order valence-electron chi connectivity index (χ2n) is 4.48. The van der Waals surface area contributed by atoms with Gasteiger partial charge in [0.15, 0.2) is 0 Å². The summed E-state index contributed by atoms with van der Waals surface area (Å²) in [5.74, 6) is 0.618. The van der Waals surface area contributed by atoms with Gasteiger partial charge in [-0.3, -0.25) is 4.79 Å². The lowest BCUT2D eigenvalue weighted by Gasteiger charge is -2.07. The molecule has 1 aromatic heterocycles. The van der Waals surface area contributed by atoms with Crippen molar-refractivity contribution in [2.45, 2.75) is 13.3 Å². The molecule has 5 nitrogen and oxygen atoms in total. The Morgan fingerprint density at radius 1 is 1.20 bits per heavy atom. The van der Waals surface area contributed by atoms with Crippen LogP contribution in [0, 0.1) is 6.92 Å². The standard InChI is InChI=1S/C15H18N4O/c1-12-9-14(19-11-18-12)17-10-15(20)16-8-7-13-5-3-2-4-6-13/h2-6,9,11H,7-8,10H2,1H3,(H,16,20)(H,17,18,19). The fourth-order valence-electron chi connectivity index (χ4n) is 1.78. The SMILES string of the molecule is Cc1cc(NCC(=O)NCCc2ccccc2)ncn1. The lowest BCUT2D eigenvalue weighted by atomic mass is 10.1. The molecule has 0 radical (unpaired) electrons. The highest BCUT2D eigenvalue weighted by atomic mass is 16.1. The summed E-state index contributed by atoms with van der Waals surface area (Å²) in [6.45, 7) is 2.73. The first-order valence-corrected chi connectivity index (χ1v) is 6.57. The van der Waals surface area contributed by atoms with Crippen molar-refractivity contribution in [1.29, 1.82) is 0 Å². The molecule has 0 aliphatic rings. The van der Waals surface area contributed by atoms with E-state index in [0.717, 1.165) is 12.1 Å². The normalized spacial score (nSPS) is 10.1. The third-order valence-corrected chi connectivity index (χ3v) is 2.81. The number of rotatable bonds is 6. The van der Waals surface area contributed by atoms with Crippen molar-refractivity contribution in [3.63, 3.8) is 0 Å². The van der Waals surface area contributed by atoms with Gasteiger partial charge in [0.05, 0.1) is 6.54 Å². The molecule has 1 heterocycles. The first-order valence-electron chi connectivity index (χ1n) is 6.57. The maximum atomic E-state index is 11.7. The monoisotopic (exact) mass is 270 g/mol. The lowest BCUT2D eigenvalue weighted by Crippen LogP contribution is -2.31. The summed E-state index contributed by atoms with van der Waals surface area (Å²) in [5.41, 5.74) is 2.08. The van der Waals surface area contributed by atoms with Crippen molar-refractivity contribution in [1.82, 2.24) is 15.3 Å². The van der Waals surface area contributed by atoms with Gasteiger partial charge >= 0.3 is 0 Å². The van der Waals surface area contributed by atoms with Gasteiger partial charge in [-0.25, -0.2) is 9.97 Å². The Balaban J connectivity index is 1.68. The van der Waals surface area contributed by atoms with E-state index in [1.807, 2.05) is 37.3 Å². The number of amides is 1. The first-order chi connectivity index (χ1) is 9.74. The molecule has 0 aliphatic heterocycles. The number of nitrogens with zero attached hydrogens (tertiary/aromatic N) is 2. The molecule has 104 valence electrons. The molecule has 0 atom stereocenters. The predicted molar refractivity (Wildman–Crippen MR) is 78.4 cm³/mol. The average Bonchev–Trinajstić information content (AvgIpc) is 2.46. The molecule has 0 bridgehead atoms. The second kappa shape index (κ2) is 7.23. The maximum Gasteiger partial charge on any atom is 0.239 e. The zero-order valence-corrected chi connectivity index (χ0v) is 11.5. The van der Waals surface area contributed by atoms with E-state index in [1.165, 1.54) is 11.9 Å². The van der Waals surface area contributed by atoms with Crippen LogP contribution in [0.5, 0.6) is 0 Å². The fraction of sp³-hybridized carbons (Fsp3) is 0.267. The van der Waals surface area contributed by atoms with Gasteiger partial charge in [-0.2, -0.15) is 0 Å². The van der Waals surface area contributed by atoms with Crippen molar-refractivity contribution in [2.24, 2.45) is 0 Å². The molecule has 0 aliphatic carbocycles. The van der Waals surface area contributed by atoms with E-state index in [0.29, 0.717) is 12.4 Å². The number of nitrogens with one attached hydrogen (secondary N) is 2. The summed E-state index contributed by atoms with van der Waals surface area (Å²) in [6, 6.07) is 11.9. The Labute approximate surface area is 118 Å². The first kappa shape index (κ1) is 14.0. The molecule has 2 rings (SSSR count). The lowest BCUT2D eigenvalue weighted by molar-refractivity contribution is -0.119. The van der Waals surface area contributed by atoms with Crippen molar-refractivity contribution in [3.8, 4) is 0 Å². The van der Waals surface area contributed by atoms with Crippen molar-refractivity contribution in [2.75, 3.05) is 18.4 Å². The quantitative estimate of drug-likeness (QED) is 0.836. The average molecular weight is 270 g/mol. The van der Waals surface area contributed by atoms with Crippen LogP contribution >= 0.6 is 0 Å². The van der Waals surface area contributed by atoms with Crippen LogP contribution in [0.25, 0.3) is 0 Å². The Kier molecular flexibility index (Phi) is 5.06. The summed E-state index contributed by atoms with van der Waals surface area (Å²) in [4.78, 5) is 19.7. The van der Waals surface area contributed by atoms with Gasteiger partial charge in [-0.1, -0.05) is 30.3 Å². The summed E-state index contributed by atoms with van der Waals surface area (Å²) < 4.78 is 0. The van der Waals surface area contributed by atoms with Crippen LogP contribution in [0.4, 0.5) is 5.82 Å². The molecule has 20 heavy (non-hydrogen) atoms. The minimum Gasteiger partial charge on any atom is -0.361 e. The molecule has 0 saturated heterocycles. The summed E-state index contributed by atoms with van der Waals surface area (Å²) in [7, 11) is 0. The van der Waals surface area contributed by atoms with Gasteiger partial charge in [0.25, 0.3) is 0 Å².